The maximum atomic E-state index is 13.0. The van der Waals surface area contributed by atoms with Gasteiger partial charge in [-0.15, -0.1) is 0 Å². The Morgan fingerprint density at radius 2 is 2.33 bits per heavy atom. The van der Waals surface area contributed by atoms with E-state index in [1.807, 2.05) is 6.07 Å². The molecule has 15 heavy (non-hydrogen) atoms. The molecule has 0 saturated heterocycles. The lowest BCUT2D eigenvalue weighted by Gasteiger charge is -2.19. The van der Waals surface area contributed by atoms with Crippen LogP contribution < -0.4 is 5.73 Å². The molecule has 1 aliphatic rings. The predicted octanol–water partition coefficient (Wildman–Crippen LogP) is 2.98. The Hall–Kier alpha value is -0.890. The van der Waals surface area contributed by atoms with Crippen molar-refractivity contribution in [3.8, 4) is 0 Å². The molecule has 0 heterocycles. The molecule has 2 heteroatoms. The molecule has 0 aliphatic heterocycles. The first kappa shape index (κ1) is 10.6. The Balaban J connectivity index is 2.21. The van der Waals surface area contributed by atoms with E-state index in [-0.39, 0.29) is 11.9 Å². The van der Waals surface area contributed by atoms with E-state index in [1.54, 1.807) is 12.1 Å². The quantitative estimate of drug-likeness (QED) is 0.810. The van der Waals surface area contributed by atoms with Gasteiger partial charge in [0.2, 0.25) is 0 Å². The van der Waals surface area contributed by atoms with E-state index in [1.165, 1.54) is 5.56 Å². The first-order chi connectivity index (χ1) is 7.22. The summed E-state index contributed by atoms with van der Waals surface area (Å²) in [7, 11) is 0. The Morgan fingerprint density at radius 1 is 1.53 bits per heavy atom. The minimum Gasteiger partial charge on any atom is -0.327 e. The number of nitrogens with two attached hydrogens (primary N) is 1. The standard InChI is InChI=1S/C13H18FN/c1-2-3-13(15)12-6-4-9-8-10(14)5-7-11(9)12/h5,7-8,12-13H,2-4,6,15H2,1H3. The Morgan fingerprint density at radius 3 is 3.07 bits per heavy atom. The summed E-state index contributed by atoms with van der Waals surface area (Å²) in [5, 5.41) is 0. The van der Waals surface area contributed by atoms with Crippen LogP contribution in [0.3, 0.4) is 0 Å². The third kappa shape index (κ3) is 2.05. The van der Waals surface area contributed by atoms with Crippen molar-refractivity contribution in [3.63, 3.8) is 0 Å². The summed E-state index contributed by atoms with van der Waals surface area (Å²) in [5.41, 5.74) is 8.58. The molecule has 82 valence electrons. The van der Waals surface area contributed by atoms with Gasteiger partial charge in [0.15, 0.2) is 0 Å². The molecule has 0 radical (unpaired) electrons. The molecule has 1 nitrogen and oxygen atoms in total. The fourth-order valence-electron chi connectivity index (χ4n) is 2.60. The van der Waals surface area contributed by atoms with Crippen LogP contribution in [0, 0.1) is 5.82 Å². The van der Waals surface area contributed by atoms with Gasteiger partial charge in [0.1, 0.15) is 5.82 Å². The summed E-state index contributed by atoms with van der Waals surface area (Å²) in [6, 6.07) is 5.36. The van der Waals surface area contributed by atoms with Crippen molar-refractivity contribution in [2.24, 2.45) is 5.73 Å². The molecule has 2 rings (SSSR count). The van der Waals surface area contributed by atoms with Crippen molar-refractivity contribution < 1.29 is 4.39 Å². The first-order valence-electron chi connectivity index (χ1n) is 5.76. The highest BCUT2D eigenvalue weighted by atomic mass is 19.1. The van der Waals surface area contributed by atoms with E-state index in [2.05, 4.69) is 6.92 Å². The summed E-state index contributed by atoms with van der Waals surface area (Å²) in [5.74, 6) is 0.319. The molecule has 0 saturated carbocycles. The monoisotopic (exact) mass is 207 g/mol. The van der Waals surface area contributed by atoms with Crippen molar-refractivity contribution >= 4 is 0 Å². The lowest BCUT2D eigenvalue weighted by atomic mass is 9.91. The molecule has 0 spiro atoms. The van der Waals surface area contributed by atoms with E-state index in [9.17, 15) is 4.39 Å². The van der Waals surface area contributed by atoms with Crippen molar-refractivity contribution in [1.29, 1.82) is 0 Å². The number of aryl methyl sites for hydroxylation is 1. The molecule has 1 aliphatic carbocycles. The molecule has 0 aromatic heterocycles. The van der Waals surface area contributed by atoms with Crippen LogP contribution >= 0.6 is 0 Å². The average molecular weight is 207 g/mol. The van der Waals surface area contributed by atoms with Crippen LogP contribution in [-0.4, -0.2) is 6.04 Å². The second-order valence-electron chi connectivity index (χ2n) is 4.44. The topological polar surface area (TPSA) is 26.0 Å². The van der Waals surface area contributed by atoms with Crippen LogP contribution in [-0.2, 0) is 6.42 Å². The summed E-state index contributed by atoms with van der Waals surface area (Å²) >= 11 is 0. The normalized spacial score (nSPS) is 21.4. The van der Waals surface area contributed by atoms with Crippen molar-refractivity contribution in [1.82, 2.24) is 0 Å². The molecule has 2 atom stereocenters. The van der Waals surface area contributed by atoms with Crippen molar-refractivity contribution in [3.05, 3.63) is 35.1 Å². The van der Waals surface area contributed by atoms with Crippen LogP contribution in [0.1, 0.15) is 43.2 Å². The Bertz CT molecular complexity index is 348. The number of hydrogen-bond donors (Lipinski definition) is 1. The molecular formula is C13H18FN. The third-order valence-corrected chi connectivity index (χ3v) is 3.37. The molecule has 0 fully saturated rings. The second-order valence-corrected chi connectivity index (χ2v) is 4.44. The molecule has 0 bridgehead atoms. The highest BCUT2D eigenvalue weighted by molar-refractivity contribution is 5.36. The van der Waals surface area contributed by atoms with Gasteiger partial charge in [-0.3, -0.25) is 0 Å². The Kier molecular flexibility index (Phi) is 3.06. The van der Waals surface area contributed by atoms with Gasteiger partial charge in [-0.05, 0) is 48.4 Å². The van der Waals surface area contributed by atoms with Crippen LogP contribution in [0.5, 0.6) is 0 Å². The summed E-state index contributed by atoms with van der Waals surface area (Å²) in [6.45, 7) is 2.15. The van der Waals surface area contributed by atoms with Gasteiger partial charge in [-0.2, -0.15) is 0 Å². The molecule has 2 unspecified atom stereocenters. The SMILES string of the molecule is CCCC(N)C1CCc2cc(F)ccc21. The van der Waals surface area contributed by atoms with Gasteiger partial charge in [0, 0.05) is 6.04 Å². The molecule has 0 amide bonds. The largest absolute Gasteiger partial charge is 0.327 e. The molecular weight excluding hydrogens is 189 g/mol. The molecule has 2 N–H and O–H groups in total. The number of fused-ring (bicyclic) bond motifs is 1. The summed E-state index contributed by atoms with van der Waals surface area (Å²) in [4.78, 5) is 0. The number of rotatable bonds is 3. The second kappa shape index (κ2) is 4.31. The van der Waals surface area contributed by atoms with Gasteiger partial charge in [0.25, 0.3) is 0 Å². The lowest BCUT2D eigenvalue weighted by molar-refractivity contribution is 0.492. The zero-order chi connectivity index (χ0) is 10.8. The fraction of sp³-hybridized carbons (Fsp3) is 0.538. The highest BCUT2D eigenvalue weighted by Gasteiger charge is 2.27. The Labute approximate surface area is 90.5 Å². The lowest BCUT2D eigenvalue weighted by Crippen LogP contribution is -2.26. The van der Waals surface area contributed by atoms with E-state index < -0.39 is 0 Å². The fourth-order valence-corrected chi connectivity index (χ4v) is 2.60. The zero-order valence-electron chi connectivity index (χ0n) is 9.17. The van der Waals surface area contributed by atoms with Crippen LogP contribution in [0.4, 0.5) is 4.39 Å². The van der Waals surface area contributed by atoms with Gasteiger partial charge < -0.3 is 5.73 Å². The number of halogens is 1. The maximum Gasteiger partial charge on any atom is 0.123 e. The molecule has 1 aromatic rings. The highest BCUT2D eigenvalue weighted by Crippen LogP contribution is 2.36. The van der Waals surface area contributed by atoms with Gasteiger partial charge >= 0.3 is 0 Å². The van der Waals surface area contributed by atoms with E-state index in [0.717, 1.165) is 31.2 Å². The predicted molar refractivity (Wildman–Crippen MR) is 60.3 cm³/mol. The number of hydrogen-bond acceptors (Lipinski definition) is 1. The van der Waals surface area contributed by atoms with Crippen molar-refractivity contribution in [2.45, 2.75) is 44.6 Å². The van der Waals surface area contributed by atoms with Gasteiger partial charge in [0.05, 0.1) is 0 Å². The first-order valence-corrected chi connectivity index (χ1v) is 5.76. The van der Waals surface area contributed by atoms with Gasteiger partial charge in [-0.1, -0.05) is 19.4 Å². The smallest absolute Gasteiger partial charge is 0.123 e. The van der Waals surface area contributed by atoms with Crippen LogP contribution in [0.2, 0.25) is 0 Å². The number of benzene rings is 1. The van der Waals surface area contributed by atoms with E-state index in [4.69, 9.17) is 5.73 Å². The average Bonchev–Trinajstić information content (AvgIpc) is 2.60. The third-order valence-electron chi connectivity index (χ3n) is 3.37. The van der Waals surface area contributed by atoms with Crippen molar-refractivity contribution in [2.75, 3.05) is 0 Å². The minimum atomic E-state index is -0.126. The maximum absolute atomic E-state index is 13.0. The van der Waals surface area contributed by atoms with Gasteiger partial charge in [-0.25, -0.2) is 4.39 Å². The van der Waals surface area contributed by atoms with E-state index >= 15 is 0 Å². The van der Waals surface area contributed by atoms with Crippen LogP contribution in [0.15, 0.2) is 18.2 Å². The summed E-state index contributed by atoms with van der Waals surface area (Å²) < 4.78 is 13.0. The summed E-state index contributed by atoms with van der Waals surface area (Å²) in [6.07, 6.45) is 4.24. The minimum absolute atomic E-state index is 0.126. The van der Waals surface area contributed by atoms with Crippen LogP contribution in [0.25, 0.3) is 0 Å². The molecule has 1 aromatic carbocycles. The zero-order valence-corrected chi connectivity index (χ0v) is 9.17. The van der Waals surface area contributed by atoms with E-state index in [0.29, 0.717) is 5.92 Å².